The molecule has 25 heavy (non-hydrogen) atoms. The Balaban J connectivity index is 1.67. The smallest absolute Gasteiger partial charge is 0.317 e. The highest BCUT2D eigenvalue weighted by Gasteiger charge is 2.26. The second-order valence-corrected chi connectivity index (χ2v) is 6.18. The minimum atomic E-state index is -0.294. The zero-order valence-corrected chi connectivity index (χ0v) is 14.6. The number of methoxy groups -OCH3 is 1. The Morgan fingerprint density at radius 3 is 2.52 bits per heavy atom. The van der Waals surface area contributed by atoms with E-state index >= 15 is 0 Å². The van der Waals surface area contributed by atoms with Gasteiger partial charge in [0, 0.05) is 45.8 Å². The number of nitrogens with one attached hydrogen (secondary N) is 2. The SMILES string of the molecule is COCCCNC(=O)C1CCN(C(=O)NCc2ccc(F)cc2)CC1. The highest BCUT2D eigenvalue weighted by atomic mass is 19.1. The molecule has 3 amide bonds. The molecule has 0 bridgehead atoms. The molecule has 1 fully saturated rings. The first-order valence-electron chi connectivity index (χ1n) is 8.64. The molecule has 0 aliphatic carbocycles. The molecule has 0 spiro atoms. The molecule has 6 nitrogen and oxygen atoms in total. The van der Waals surface area contributed by atoms with Crippen molar-refractivity contribution in [3.05, 3.63) is 35.6 Å². The fraction of sp³-hybridized carbons (Fsp3) is 0.556. The zero-order chi connectivity index (χ0) is 18.1. The van der Waals surface area contributed by atoms with Crippen LogP contribution in [0.2, 0.25) is 0 Å². The third-order valence-electron chi connectivity index (χ3n) is 4.33. The number of likely N-dealkylation sites (tertiary alicyclic amines) is 1. The van der Waals surface area contributed by atoms with E-state index < -0.39 is 0 Å². The molecular weight excluding hydrogens is 325 g/mol. The summed E-state index contributed by atoms with van der Waals surface area (Å²) in [5.74, 6) is -0.274. The summed E-state index contributed by atoms with van der Waals surface area (Å²) in [4.78, 5) is 26.0. The molecule has 2 N–H and O–H groups in total. The van der Waals surface area contributed by atoms with Crippen molar-refractivity contribution in [2.24, 2.45) is 5.92 Å². The van der Waals surface area contributed by atoms with Crippen LogP contribution in [-0.4, -0.2) is 50.2 Å². The van der Waals surface area contributed by atoms with E-state index in [0.717, 1.165) is 12.0 Å². The Hall–Kier alpha value is -2.15. The average Bonchev–Trinajstić information content (AvgIpc) is 2.64. The van der Waals surface area contributed by atoms with Crippen LogP contribution in [0.4, 0.5) is 9.18 Å². The molecule has 0 saturated carbocycles. The van der Waals surface area contributed by atoms with Gasteiger partial charge in [-0.05, 0) is 37.0 Å². The maximum absolute atomic E-state index is 12.9. The number of hydrogen-bond acceptors (Lipinski definition) is 3. The molecule has 1 aromatic rings. The second kappa shape index (κ2) is 9.98. The van der Waals surface area contributed by atoms with Gasteiger partial charge in [-0.1, -0.05) is 12.1 Å². The lowest BCUT2D eigenvalue weighted by atomic mass is 9.96. The molecule has 0 unspecified atom stereocenters. The topological polar surface area (TPSA) is 70.7 Å². The molecule has 2 rings (SSSR count). The number of carbonyl (C=O) groups is 2. The molecular formula is C18H26FN3O3. The summed E-state index contributed by atoms with van der Waals surface area (Å²) in [6, 6.07) is 5.89. The predicted molar refractivity (Wildman–Crippen MR) is 92.4 cm³/mol. The van der Waals surface area contributed by atoms with Crippen LogP contribution in [0.3, 0.4) is 0 Å². The quantitative estimate of drug-likeness (QED) is 0.737. The van der Waals surface area contributed by atoms with Crippen molar-refractivity contribution in [1.82, 2.24) is 15.5 Å². The van der Waals surface area contributed by atoms with E-state index in [2.05, 4.69) is 10.6 Å². The molecule has 1 heterocycles. The summed E-state index contributed by atoms with van der Waals surface area (Å²) in [6.45, 7) is 2.73. The summed E-state index contributed by atoms with van der Waals surface area (Å²) >= 11 is 0. The van der Waals surface area contributed by atoms with Crippen molar-refractivity contribution < 1.29 is 18.7 Å². The molecule has 0 aromatic heterocycles. The summed E-state index contributed by atoms with van der Waals surface area (Å²) in [7, 11) is 1.64. The summed E-state index contributed by atoms with van der Waals surface area (Å²) < 4.78 is 17.8. The van der Waals surface area contributed by atoms with Gasteiger partial charge in [-0.15, -0.1) is 0 Å². The summed E-state index contributed by atoms with van der Waals surface area (Å²) in [5, 5.41) is 5.74. The van der Waals surface area contributed by atoms with Crippen molar-refractivity contribution in [2.45, 2.75) is 25.8 Å². The zero-order valence-electron chi connectivity index (χ0n) is 14.6. The minimum Gasteiger partial charge on any atom is -0.385 e. The van der Waals surface area contributed by atoms with E-state index in [1.54, 1.807) is 24.1 Å². The van der Waals surface area contributed by atoms with E-state index in [0.29, 0.717) is 45.6 Å². The Bertz CT molecular complexity index is 557. The van der Waals surface area contributed by atoms with E-state index in [4.69, 9.17) is 4.74 Å². The lowest BCUT2D eigenvalue weighted by molar-refractivity contribution is -0.126. The number of urea groups is 1. The normalized spacial score (nSPS) is 15.0. The van der Waals surface area contributed by atoms with Crippen LogP contribution in [0.1, 0.15) is 24.8 Å². The third kappa shape index (κ3) is 6.34. The van der Waals surface area contributed by atoms with Gasteiger partial charge in [0.25, 0.3) is 0 Å². The minimum absolute atomic E-state index is 0.0382. The van der Waals surface area contributed by atoms with Gasteiger partial charge < -0.3 is 20.3 Å². The number of rotatable bonds is 7. The summed E-state index contributed by atoms with van der Waals surface area (Å²) in [6.07, 6.45) is 2.13. The second-order valence-electron chi connectivity index (χ2n) is 6.18. The molecule has 1 saturated heterocycles. The lowest BCUT2D eigenvalue weighted by Gasteiger charge is -2.31. The van der Waals surface area contributed by atoms with Crippen molar-refractivity contribution in [2.75, 3.05) is 33.4 Å². The summed E-state index contributed by atoms with van der Waals surface area (Å²) in [5.41, 5.74) is 0.847. The third-order valence-corrected chi connectivity index (χ3v) is 4.33. The molecule has 1 aromatic carbocycles. The van der Waals surface area contributed by atoms with Gasteiger partial charge in [0.15, 0.2) is 0 Å². The highest BCUT2D eigenvalue weighted by Crippen LogP contribution is 2.17. The van der Waals surface area contributed by atoms with Gasteiger partial charge in [-0.2, -0.15) is 0 Å². The van der Waals surface area contributed by atoms with E-state index in [-0.39, 0.29) is 23.7 Å². The highest BCUT2D eigenvalue weighted by molar-refractivity contribution is 5.79. The van der Waals surface area contributed by atoms with Crippen LogP contribution < -0.4 is 10.6 Å². The van der Waals surface area contributed by atoms with Crippen LogP contribution in [0.15, 0.2) is 24.3 Å². The Labute approximate surface area is 147 Å². The molecule has 1 aliphatic rings. The maximum Gasteiger partial charge on any atom is 0.317 e. The van der Waals surface area contributed by atoms with Crippen LogP contribution in [0.5, 0.6) is 0 Å². The van der Waals surface area contributed by atoms with Crippen molar-refractivity contribution >= 4 is 11.9 Å². The van der Waals surface area contributed by atoms with Crippen LogP contribution in [0.25, 0.3) is 0 Å². The monoisotopic (exact) mass is 351 g/mol. The van der Waals surface area contributed by atoms with Crippen molar-refractivity contribution in [3.63, 3.8) is 0 Å². The largest absolute Gasteiger partial charge is 0.385 e. The molecule has 0 radical (unpaired) electrons. The number of amides is 3. The first-order chi connectivity index (χ1) is 12.1. The molecule has 138 valence electrons. The van der Waals surface area contributed by atoms with Crippen LogP contribution in [0, 0.1) is 11.7 Å². The molecule has 1 aliphatic heterocycles. The Morgan fingerprint density at radius 1 is 1.20 bits per heavy atom. The predicted octanol–water partition coefficient (Wildman–Crippen LogP) is 1.90. The first-order valence-corrected chi connectivity index (χ1v) is 8.64. The first kappa shape index (κ1) is 19.2. The van der Waals surface area contributed by atoms with Gasteiger partial charge in [0.05, 0.1) is 0 Å². The Kier molecular flexibility index (Phi) is 7.66. The number of nitrogens with zero attached hydrogens (tertiary/aromatic N) is 1. The number of ether oxygens (including phenoxy) is 1. The van der Waals surface area contributed by atoms with Crippen molar-refractivity contribution in [3.8, 4) is 0 Å². The number of piperidine rings is 1. The van der Waals surface area contributed by atoms with E-state index in [9.17, 15) is 14.0 Å². The van der Waals surface area contributed by atoms with Gasteiger partial charge in [-0.25, -0.2) is 9.18 Å². The number of hydrogen-bond donors (Lipinski definition) is 2. The number of carbonyl (C=O) groups excluding carboxylic acids is 2. The fourth-order valence-corrected chi connectivity index (χ4v) is 2.81. The van der Waals surface area contributed by atoms with E-state index in [1.165, 1.54) is 12.1 Å². The Morgan fingerprint density at radius 2 is 1.88 bits per heavy atom. The van der Waals surface area contributed by atoms with Crippen LogP contribution in [-0.2, 0) is 16.1 Å². The number of halogens is 1. The van der Waals surface area contributed by atoms with Gasteiger partial charge in [0.2, 0.25) is 5.91 Å². The van der Waals surface area contributed by atoms with Gasteiger partial charge in [0.1, 0.15) is 5.82 Å². The fourth-order valence-electron chi connectivity index (χ4n) is 2.81. The van der Waals surface area contributed by atoms with Gasteiger partial charge >= 0.3 is 6.03 Å². The maximum atomic E-state index is 12.9. The van der Waals surface area contributed by atoms with Crippen molar-refractivity contribution in [1.29, 1.82) is 0 Å². The lowest BCUT2D eigenvalue weighted by Crippen LogP contribution is -2.46. The molecule has 0 atom stereocenters. The van der Waals surface area contributed by atoms with E-state index in [1.807, 2.05) is 0 Å². The van der Waals surface area contributed by atoms with Crippen LogP contribution >= 0.6 is 0 Å². The standard InChI is InChI=1S/C18H26FN3O3/c1-25-12-2-9-20-17(23)15-7-10-22(11-8-15)18(24)21-13-14-3-5-16(19)6-4-14/h3-6,15H,2,7-13H2,1H3,(H,20,23)(H,21,24). The van der Waals surface area contributed by atoms with Gasteiger partial charge in [-0.3, -0.25) is 4.79 Å². The number of benzene rings is 1. The molecule has 7 heteroatoms. The average molecular weight is 351 g/mol.